The van der Waals surface area contributed by atoms with Crippen molar-refractivity contribution in [2.75, 3.05) is 6.61 Å². The SMILES string of the molecule is CC(=O)OCC(=O)c1cnc2ccc(/C=C3\SC(=O)NC3=O)cn12. The lowest BCUT2D eigenvalue weighted by Gasteiger charge is -2.03. The molecule has 0 radical (unpaired) electrons. The van der Waals surface area contributed by atoms with Crippen molar-refractivity contribution in [1.29, 1.82) is 0 Å². The van der Waals surface area contributed by atoms with Crippen molar-refractivity contribution >= 4 is 46.4 Å². The van der Waals surface area contributed by atoms with E-state index in [4.69, 9.17) is 4.74 Å². The number of thioether (sulfide) groups is 1. The van der Waals surface area contributed by atoms with Gasteiger partial charge in [0.2, 0.25) is 5.78 Å². The fourth-order valence-corrected chi connectivity index (χ4v) is 2.78. The van der Waals surface area contributed by atoms with Crippen LogP contribution in [0.15, 0.2) is 29.4 Å². The van der Waals surface area contributed by atoms with Crippen molar-refractivity contribution in [2.45, 2.75) is 6.92 Å². The summed E-state index contributed by atoms with van der Waals surface area (Å²) in [5.41, 5.74) is 1.41. The lowest BCUT2D eigenvalue weighted by Crippen LogP contribution is -2.17. The third-order valence-corrected chi connectivity index (χ3v) is 3.97. The number of fused-ring (bicyclic) bond motifs is 1. The molecule has 8 nitrogen and oxygen atoms in total. The number of pyridine rings is 1. The highest BCUT2D eigenvalue weighted by molar-refractivity contribution is 8.18. The van der Waals surface area contributed by atoms with Crippen LogP contribution in [0.1, 0.15) is 23.0 Å². The Bertz CT molecular complexity index is 915. The molecular weight excluding hydrogens is 334 g/mol. The summed E-state index contributed by atoms with van der Waals surface area (Å²) in [5, 5.41) is 1.75. The van der Waals surface area contributed by atoms with Gasteiger partial charge < -0.3 is 4.74 Å². The molecule has 0 atom stereocenters. The predicted octanol–water partition coefficient (Wildman–Crippen LogP) is 1.40. The summed E-state index contributed by atoms with van der Waals surface area (Å²) in [6, 6.07) is 3.39. The molecule has 1 fully saturated rings. The molecule has 2 amide bonds. The average molecular weight is 345 g/mol. The van der Waals surface area contributed by atoms with Gasteiger partial charge in [-0.15, -0.1) is 0 Å². The molecule has 0 saturated carbocycles. The van der Waals surface area contributed by atoms with Gasteiger partial charge in [0.1, 0.15) is 11.3 Å². The summed E-state index contributed by atoms with van der Waals surface area (Å²) in [6.07, 6.45) is 4.55. The van der Waals surface area contributed by atoms with E-state index in [1.807, 2.05) is 0 Å². The van der Waals surface area contributed by atoms with E-state index in [-0.39, 0.29) is 17.2 Å². The Morgan fingerprint density at radius 1 is 1.38 bits per heavy atom. The fourth-order valence-electron chi connectivity index (χ4n) is 2.10. The van der Waals surface area contributed by atoms with Crippen LogP contribution in [-0.4, -0.2) is 38.9 Å². The van der Waals surface area contributed by atoms with Crippen molar-refractivity contribution in [3.05, 3.63) is 40.7 Å². The lowest BCUT2D eigenvalue weighted by atomic mass is 10.2. The number of hydrogen-bond acceptors (Lipinski definition) is 7. The maximum Gasteiger partial charge on any atom is 0.303 e. The molecule has 0 spiro atoms. The molecule has 0 unspecified atom stereocenters. The molecule has 2 aromatic heterocycles. The molecular formula is C15H11N3O5S. The normalized spacial score (nSPS) is 15.8. The zero-order valence-corrected chi connectivity index (χ0v) is 13.3. The number of nitrogens with zero attached hydrogens (tertiary/aromatic N) is 2. The molecule has 1 N–H and O–H groups in total. The summed E-state index contributed by atoms with van der Waals surface area (Å²) in [4.78, 5) is 50.1. The highest BCUT2D eigenvalue weighted by Gasteiger charge is 2.25. The number of imide groups is 1. The molecule has 1 aliphatic heterocycles. The molecule has 0 aliphatic carbocycles. The first kappa shape index (κ1) is 15.9. The maximum atomic E-state index is 12.1. The molecule has 1 saturated heterocycles. The Balaban J connectivity index is 1.93. The summed E-state index contributed by atoms with van der Waals surface area (Å²) >= 11 is 0.810. The zero-order valence-electron chi connectivity index (χ0n) is 12.4. The van der Waals surface area contributed by atoms with E-state index in [1.54, 1.807) is 24.4 Å². The van der Waals surface area contributed by atoms with E-state index in [0.29, 0.717) is 11.2 Å². The van der Waals surface area contributed by atoms with E-state index >= 15 is 0 Å². The highest BCUT2D eigenvalue weighted by atomic mass is 32.2. The van der Waals surface area contributed by atoms with E-state index in [0.717, 1.165) is 11.8 Å². The van der Waals surface area contributed by atoms with Crippen LogP contribution in [0.4, 0.5) is 4.79 Å². The number of Topliss-reactive ketones (excluding diaryl/α,β-unsaturated/α-hetero) is 1. The van der Waals surface area contributed by atoms with Gasteiger partial charge >= 0.3 is 5.97 Å². The Hall–Kier alpha value is -2.94. The van der Waals surface area contributed by atoms with Crippen LogP contribution >= 0.6 is 11.8 Å². The number of hydrogen-bond donors (Lipinski definition) is 1. The molecule has 24 heavy (non-hydrogen) atoms. The van der Waals surface area contributed by atoms with Crippen molar-refractivity contribution in [3.63, 3.8) is 0 Å². The minimum atomic E-state index is -0.545. The zero-order chi connectivity index (χ0) is 17.3. The van der Waals surface area contributed by atoms with Gasteiger partial charge in [-0.2, -0.15) is 0 Å². The largest absolute Gasteiger partial charge is 0.457 e. The van der Waals surface area contributed by atoms with E-state index < -0.39 is 22.9 Å². The van der Waals surface area contributed by atoms with E-state index in [9.17, 15) is 19.2 Å². The van der Waals surface area contributed by atoms with Crippen LogP contribution < -0.4 is 5.32 Å². The van der Waals surface area contributed by atoms with Crippen LogP contribution in [0.3, 0.4) is 0 Å². The lowest BCUT2D eigenvalue weighted by molar-refractivity contribution is -0.139. The standard InChI is InChI=1S/C15H11N3O5S/c1-8(19)23-7-11(20)10-5-16-13-3-2-9(6-18(10)13)4-12-14(21)17-15(22)24-12/h2-6H,7H2,1H3,(H,17,21,22)/b12-4-. The Morgan fingerprint density at radius 3 is 2.83 bits per heavy atom. The molecule has 0 bridgehead atoms. The number of imidazole rings is 1. The van der Waals surface area contributed by atoms with Gasteiger partial charge in [0, 0.05) is 13.1 Å². The van der Waals surface area contributed by atoms with Crippen LogP contribution in [-0.2, 0) is 14.3 Å². The summed E-state index contributed by atoms with van der Waals surface area (Å²) in [6.45, 7) is 0.846. The number of carbonyl (C=O) groups excluding carboxylic acids is 4. The van der Waals surface area contributed by atoms with Gasteiger partial charge in [-0.05, 0) is 35.5 Å². The minimum absolute atomic E-state index is 0.256. The Morgan fingerprint density at radius 2 is 2.17 bits per heavy atom. The number of esters is 1. The Labute approximate surface area is 139 Å². The van der Waals surface area contributed by atoms with Gasteiger partial charge in [-0.3, -0.25) is 28.9 Å². The molecule has 122 valence electrons. The van der Waals surface area contributed by atoms with Gasteiger partial charge in [0.25, 0.3) is 11.1 Å². The molecule has 1 aliphatic rings. The smallest absolute Gasteiger partial charge is 0.303 e. The average Bonchev–Trinajstić information content (AvgIpc) is 3.08. The number of ether oxygens (including phenoxy) is 1. The summed E-state index contributed by atoms with van der Waals surface area (Å²) < 4.78 is 6.24. The number of ketones is 1. The summed E-state index contributed by atoms with van der Waals surface area (Å²) in [5.74, 6) is -1.40. The fraction of sp³-hybridized carbons (Fsp3) is 0.133. The number of carbonyl (C=O) groups is 4. The van der Waals surface area contributed by atoms with E-state index in [1.165, 1.54) is 17.5 Å². The monoisotopic (exact) mass is 345 g/mol. The minimum Gasteiger partial charge on any atom is -0.457 e. The summed E-state index contributed by atoms with van der Waals surface area (Å²) in [7, 11) is 0. The Kier molecular flexibility index (Phi) is 4.17. The van der Waals surface area contributed by atoms with Crippen molar-refractivity contribution < 1.29 is 23.9 Å². The van der Waals surface area contributed by atoms with Crippen LogP contribution in [0, 0.1) is 0 Å². The maximum absolute atomic E-state index is 12.1. The van der Waals surface area contributed by atoms with Gasteiger partial charge in [-0.1, -0.05) is 0 Å². The highest BCUT2D eigenvalue weighted by Crippen LogP contribution is 2.25. The van der Waals surface area contributed by atoms with Crippen LogP contribution in [0.25, 0.3) is 11.7 Å². The van der Waals surface area contributed by atoms with Crippen LogP contribution in [0.5, 0.6) is 0 Å². The van der Waals surface area contributed by atoms with Gasteiger partial charge in [0.05, 0.1) is 11.1 Å². The molecule has 2 aromatic rings. The number of nitrogens with one attached hydrogen (secondary N) is 1. The van der Waals surface area contributed by atoms with Gasteiger partial charge in [-0.25, -0.2) is 4.98 Å². The predicted molar refractivity (Wildman–Crippen MR) is 85.3 cm³/mol. The quantitative estimate of drug-likeness (QED) is 0.507. The van der Waals surface area contributed by atoms with Crippen LogP contribution in [0.2, 0.25) is 0 Å². The number of aromatic nitrogens is 2. The molecule has 0 aromatic carbocycles. The van der Waals surface area contributed by atoms with Crippen molar-refractivity contribution in [2.24, 2.45) is 0 Å². The second kappa shape index (κ2) is 6.28. The first-order valence-electron chi connectivity index (χ1n) is 6.82. The second-order valence-electron chi connectivity index (χ2n) is 4.89. The van der Waals surface area contributed by atoms with Gasteiger partial charge in [0.15, 0.2) is 6.61 Å². The third-order valence-electron chi connectivity index (χ3n) is 3.16. The molecule has 3 heterocycles. The molecule has 3 rings (SSSR count). The topological polar surface area (TPSA) is 107 Å². The van der Waals surface area contributed by atoms with Crippen molar-refractivity contribution in [1.82, 2.24) is 14.7 Å². The van der Waals surface area contributed by atoms with Crippen molar-refractivity contribution in [3.8, 4) is 0 Å². The molecule has 9 heteroatoms. The number of rotatable bonds is 4. The number of amides is 2. The second-order valence-corrected chi connectivity index (χ2v) is 5.90. The van der Waals surface area contributed by atoms with E-state index in [2.05, 4.69) is 10.3 Å². The third kappa shape index (κ3) is 3.20. The first-order valence-corrected chi connectivity index (χ1v) is 7.64. The first-order chi connectivity index (χ1) is 11.4.